The Bertz CT molecular complexity index is 1170. The number of carbonyl (C=O) groups excluding carboxylic acids is 1. The van der Waals surface area contributed by atoms with Gasteiger partial charge < -0.3 is 9.47 Å². The molecular weight excluding hydrogens is 412 g/mol. The normalized spacial score (nSPS) is 11.0. The fraction of sp³-hybridized carbons (Fsp3) is 0.0435. The lowest BCUT2D eigenvalue weighted by molar-refractivity contribution is 0.0725. The van der Waals surface area contributed by atoms with Crippen LogP contribution < -0.4 is 9.47 Å². The van der Waals surface area contributed by atoms with E-state index in [2.05, 4.69) is 0 Å². The number of hydrogen-bond donors (Lipinski definition) is 0. The lowest BCUT2D eigenvalue weighted by atomic mass is 10.0. The summed E-state index contributed by atoms with van der Waals surface area (Å²) in [5.74, 6) is -2.12. The summed E-state index contributed by atoms with van der Waals surface area (Å²) in [6.07, 6.45) is 1.47. The quantitative estimate of drug-likeness (QED) is 0.221. The topological polar surface area (TPSA) is 59.3 Å². The maximum atomic E-state index is 14.0. The number of carbonyl (C=O) groups is 1. The number of rotatable bonds is 5. The number of hydrogen-bond acceptors (Lipinski definition) is 4. The van der Waals surface area contributed by atoms with Crippen LogP contribution in [-0.4, -0.2) is 13.1 Å². The summed E-state index contributed by atoms with van der Waals surface area (Å²) in [6.45, 7) is 0. The Morgan fingerprint density at radius 2 is 1.77 bits per heavy atom. The molecule has 0 saturated heterocycles. The molecule has 3 aromatic rings. The van der Waals surface area contributed by atoms with Crippen LogP contribution in [0.2, 0.25) is 5.02 Å². The first-order chi connectivity index (χ1) is 14.4. The third-order valence-corrected chi connectivity index (χ3v) is 4.47. The van der Waals surface area contributed by atoms with Gasteiger partial charge in [0, 0.05) is 5.56 Å². The number of allylic oxidation sites excluding steroid dienone is 1. The van der Waals surface area contributed by atoms with Gasteiger partial charge in [0.1, 0.15) is 17.2 Å². The van der Waals surface area contributed by atoms with Gasteiger partial charge in [-0.1, -0.05) is 41.9 Å². The van der Waals surface area contributed by atoms with E-state index in [0.29, 0.717) is 5.56 Å². The van der Waals surface area contributed by atoms with Gasteiger partial charge in [-0.25, -0.2) is 13.6 Å². The number of ether oxygens (including phenoxy) is 2. The van der Waals surface area contributed by atoms with Crippen molar-refractivity contribution in [2.45, 2.75) is 0 Å². The van der Waals surface area contributed by atoms with E-state index in [1.54, 1.807) is 12.1 Å². The molecule has 3 aromatic carbocycles. The number of nitrogens with zero attached hydrogens (tertiary/aromatic N) is 1. The van der Waals surface area contributed by atoms with E-state index in [1.807, 2.05) is 6.07 Å². The summed E-state index contributed by atoms with van der Waals surface area (Å²) >= 11 is 5.89. The SMILES string of the molecule is COc1cc(/C=C(/C#N)c2ccccc2F)ccc1OC(=O)c1c(F)cccc1Cl. The first kappa shape index (κ1) is 21.0. The molecule has 0 bridgehead atoms. The molecule has 7 heteroatoms. The van der Waals surface area contributed by atoms with Crippen molar-refractivity contribution in [1.82, 2.24) is 0 Å². The molecule has 0 fully saturated rings. The molecule has 0 radical (unpaired) electrons. The molecule has 150 valence electrons. The van der Waals surface area contributed by atoms with E-state index in [4.69, 9.17) is 21.1 Å². The van der Waals surface area contributed by atoms with Crippen LogP contribution in [0.3, 0.4) is 0 Å². The second-order valence-corrected chi connectivity index (χ2v) is 6.45. The zero-order valence-electron chi connectivity index (χ0n) is 15.7. The van der Waals surface area contributed by atoms with Crippen molar-refractivity contribution in [2.75, 3.05) is 7.11 Å². The molecule has 0 atom stereocenters. The Balaban J connectivity index is 1.93. The van der Waals surface area contributed by atoms with Crippen LogP contribution in [-0.2, 0) is 0 Å². The van der Waals surface area contributed by atoms with E-state index >= 15 is 0 Å². The molecule has 0 aromatic heterocycles. The predicted octanol–water partition coefficient (Wildman–Crippen LogP) is 5.91. The third-order valence-electron chi connectivity index (χ3n) is 4.15. The van der Waals surface area contributed by atoms with Gasteiger partial charge in [0.15, 0.2) is 11.5 Å². The number of methoxy groups -OCH3 is 1. The maximum absolute atomic E-state index is 14.0. The third kappa shape index (κ3) is 4.48. The van der Waals surface area contributed by atoms with Gasteiger partial charge in [-0.3, -0.25) is 0 Å². The highest BCUT2D eigenvalue weighted by molar-refractivity contribution is 6.33. The fourth-order valence-electron chi connectivity index (χ4n) is 2.72. The number of benzene rings is 3. The number of nitriles is 1. The van der Waals surface area contributed by atoms with E-state index in [1.165, 1.54) is 55.7 Å². The molecule has 4 nitrogen and oxygen atoms in total. The molecule has 0 spiro atoms. The van der Waals surface area contributed by atoms with Gasteiger partial charge in [0.05, 0.1) is 23.8 Å². The van der Waals surface area contributed by atoms with Crippen molar-refractivity contribution in [3.63, 3.8) is 0 Å². The highest BCUT2D eigenvalue weighted by Gasteiger charge is 2.20. The van der Waals surface area contributed by atoms with Crippen molar-refractivity contribution < 1.29 is 23.0 Å². The van der Waals surface area contributed by atoms with E-state index in [9.17, 15) is 18.8 Å². The van der Waals surface area contributed by atoms with Crippen molar-refractivity contribution in [3.8, 4) is 17.6 Å². The van der Waals surface area contributed by atoms with Crippen LogP contribution in [0.25, 0.3) is 11.6 Å². The molecule has 0 saturated carbocycles. The van der Waals surface area contributed by atoms with Crippen LogP contribution in [0.5, 0.6) is 11.5 Å². The van der Waals surface area contributed by atoms with Crippen LogP contribution in [0.1, 0.15) is 21.5 Å². The summed E-state index contributed by atoms with van der Waals surface area (Å²) in [5, 5.41) is 9.33. The molecule has 0 aliphatic rings. The second kappa shape index (κ2) is 9.21. The molecule has 0 heterocycles. The van der Waals surface area contributed by atoms with Crippen LogP contribution in [0.4, 0.5) is 8.78 Å². The van der Waals surface area contributed by atoms with E-state index in [0.717, 1.165) is 6.07 Å². The zero-order valence-corrected chi connectivity index (χ0v) is 16.4. The lowest BCUT2D eigenvalue weighted by Gasteiger charge is -2.11. The molecule has 0 N–H and O–H groups in total. The van der Waals surface area contributed by atoms with Gasteiger partial charge in [-0.2, -0.15) is 5.26 Å². The predicted molar refractivity (Wildman–Crippen MR) is 109 cm³/mol. The minimum Gasteiger partial charge on any atom is -0.493 e. The Hall–Kier alpha value is -3.69. The van der Waals surface area contributed by atoms with Gasteiger partial charge in [0.2, 0.25) is 0 Å². The van der Waals surface area contributed by atoms with Crippen molar-refractivity contribution in [1.29, 1.82) is 5.26 Å². The molecule has 0 unspecified atom stereocenters. The van der Waals surface area contributed by atoms with Gasteiger partial charge in [-0.15, -0.1) is 0 Å². The molecule has 30 heavy (non-hydrogen) atoms. The van der Waals surface area contributed by atoms with Gasteiger partial charge >= 0.3 is 5.97 Å². The average molecular weight is 426 g/mol. The minimum absolute atomic E-state index is 0.0309. The average Bonchev–Trinajstić information content (AvgIpc) is 2.73. The highest BCUT2D eigenvalue weighted by Crippen LogP contribution is 2.31. The molecule has 3 rings (SSSR count). The first-order valence-electron chi connectivity index (χ1n) is 8.65. The van der Waals surface area contributed by atoms with Gasteiger partial charge in [-0.05, 0) is 42.0 Å². The number of halogens is 3. The van der Waals surface area contributed by atoms with Crippen LogP contribution in [0.15, 0.2) is 60.7 Å². The highest BCUT2D eigenvalue weighted by atomic mass is 35.5. The number of esters is 1. The largest absolute Gasteiger partial charge is 0.493 e. The molecule has 0 amide bonds. The Morgan fingerprint density at radius 1 is 1.03 bits per heavy atom. The molecular formula is C23H14ClF2NO3. The van der Waals surface area contributed by atoms with Crippen molar-refractivity contribution in [2.24, 2.45) is 0 Å². The maximum Gasteiger partial charge on any atom is 0.348 e. The van der Waals surface area contributed by atoms with Crippen LogP contribution >= 0.6 is 11.6 Å². The summed E-state index contributed by atoms with van der Waals surface area (Å²) in [6, 6.07) is 16.2. The Morgan fingerprint density at radius 3 is 2.43 bits per heavy atom. The zero-order chi connectivity index (χ0) is 21.7. The molecule has 0 aliphatic carbocycles. The standard InChI is InChI=1S/C23H14ClF2NO3/c1-29-21-12-14(11-15(13-27)16-5-2-3-7-18(16)25)9-10-20(21)30-23(28)22-17(24)6-4-8-19(22)26/h2-12H,1H3/b15-11-. The summed E-state index contributed by atoms with van der Waals surface area (Å²) < 4.78 is 38.4. The van der Waals surface area contributed by atoms with Crippen molar-refractivity contribution in [3.05, 3.63) is 94.0 Å². The Kier molecular flexibility index (Phi) is 6.45. The Labute approximate surface area is 176 Å². The smallest absolute Gasteiger partial charge is 0.348 e. The summed E-state index contributed by atoms with van der Waals surface area (Å²) in [5.41, 5.74) is 0.383. The summed E-state index contributed by atoms with van der Waals surface area (Å²) in [4.78, 5) is 12.4. The molecule has 0 aliphatic heterocycles. The van der Waals surface area contributed by atoms with Gasteiger partial charge in [0.25, 0.3) is 0 Å². The lowest BCUT2D eigenvalue weighted by Crippen LogP contribution is -2.12. The second-order valence-electron chi connectivity index (χ2n) is 6.05. The minimum atomic E-state index is -0.983. The van der Waals surface area contributed by atoms with Crippen LogP contribution in [0, 0.1) is 23.0 Å². The van der Waals surface area contributed by atoms with E-state index < -0.39 is 23.2 Å². The van der Waals surface area contributed by atoms with E-state index in [-0.39, 0.29) is 27.7 Å². The summed E-state index contributed by atoms with van der Waals surface area (Å²) in [7, 11) is 1.36. The fourth-order valence-corrected chi connectivity index (χ4v) is 2.96. The van der Waals surface area contributed by atoms with Crippen molar-refractivity contribution >= 4 is 29.2 Å². The first-order valence-corrected chi connectivity index (χ1v) is 9.03. The monoisotopic (exact) mass is 425 g/mol.